The van der Waals surface area contributed by atoms with Crippen LogP contribution in [0.15, 0.2) is 97.5 Å². The second-order valence-corrected chi connectivity index (χ2v) is 8.22. The third kappa shape index (κ3) is 4.73. The minimum Gasteiger partial charge on any atom is -0.488 e. The molecule has 35 heavy (non-hydrogen) atoms. The maximum atomic E-state index is 9.91. The molecule has 0 radical (unpaired) electrons. The van der Waals surface area contributed by atoms with Gasteiger partial charge in [-0.05, 0) is 48.5 Å². The zero-order valence-electron chi connectivity index (χ0n) is 18.1. The molecule has 0 bridgehead atoms. The van der Waals surface area contributed by atoms with Crippen molar-refractivity contribution in [3.63, 3.8) is 0 Å². The van der Waals surface area contributed by atoms with Crippen molar-refractivity contribution in [2.24, 2.45) is 4.99 Å². The number of rotatable bonds is 7. The third-order valence-electron chi connectivity index (χ3n) is 5.15. The number of halogens is 2. The molecular formula is C27H16Cl2N2O4. The smallest absolute Gasteiger partial charge is 0.238 e. The van der Waals surface area contributed by atoms with Crippen molar-refractivity contribution < 1.29 is 18.0 Å². The maximum absolute atomic E-state index is 9.91. The minimum absolute atomic E-state index is 0.126. The summed E-state index contributed by atoms with van der Waals surface area (Å²) in [5.74, 6) is 2.00. The molecule has 3 aromatic heterocycles. The molecule has 0 unspecified atom stereocenters. The van der Waals surface area contributed by atoms with Crippen molar-refractivity contribution in [3.8, 4) is 34.7 Å². The number of ether oxygens (including phenoxy) is 1. The first-order valence-electron chi connectivity index (χ1n) is 10.5. The molecule has 0 fully saturated rings. The first-order chi connectivity index (χ1) is 17.1. The predicted molar refractivity (Wildman–Crippen MR) is 133 cm³/mol. The maximum Gasteiger partial charge on any atom is 0.238 e. The van der Waals surface area contributed by atoms with Crippen molar-refractivity contribution in [2.75, 3.05) is 0 Å². The van der Waals surface area contributed by atoms with Crippen LogP contribution in [0.4, 0.5) is 5.88 Å². The standard InChI is InChI=1S/C27H16Cl2N2O4/c28-19-10-9-18(21(29)13-19)16-34-22-6-2-1-5-17(22)15-31-27-20(14-30)25(23-7-3-11-32-23)26(35-27)24-8-4-12-33-24/h1-13,15H,16H2. The summed E-state index contributed by atoms with van der Waals surface area (Å²) >= 11 is 12.2. The van der Waals surface area contributed by atoms with Crippen molar-refractivity contribution >= 4 is 35.3 Å². The molecule has 172 valence electrons. The number of nitriles is 1. The SMILES string of the molecule is N#Cc1c(N=Cc2ccccc2OCc2ccc(Cl)cc2Cl)oc(-c2ccco2)c1-c1ccco1. The normalized spacial score (nSPS) is 11.1. The highest BCUT2D eigenvalue weighted by molar-refractivity contribution is 6.35. The topological polar surface area (TPSA) is 84.8 Å². The Hall–Kier alpha value is -4.18. The van der Waals surface area contributed by atoms with Crippen LogP contribution in [0.2, 0.25) is 10.0 Å². The molecule has 0 aliphatic heterocycles. The van der Waals surface area contributed by atoms with Gasteiger partial charge in [-0.25, -0.2) is 4.99 Å². The summed E-state index contributed by atoms with van der Waals surface area (Å²) < 4.78 is 23.0. The van der Waals surface area contributed by atoms with Crippen LogP contribution >= 0.6 is 23.2 Å². The van der Waals surface area contributed by atoms with E-state index in [9.17, 15) is 5.26 Å². The van der Waals surface area contributed by atoms with Gasteiger partial charge in [-0.15, -0.1) is 0 Å². The zero-order valence-corrected chi connectivity index (χ0v) is 19.6. The molecular weight excluding hydrogens is 487 g/mol. The van der Waals surface area contributed by atoms with Gasteiger partial charge in [0.15, 0.2) is 11.5 Å². The van der Waals surface area contributed by atoms with Gasteiger partial charge in [0, 0.05) is 27.4 Å². The van der Waals surface area contributed by atoms with E-state index in [1.807, 2.05) is 30.3 Å². The fourth-order valence-electron chi connectivity index (χ4n) is 3.49. The largest absolute Gasteiger partial charge is 0.488 e. The van der Waals surface area contributed by atoms with Crippen molar-refractivity contribution in [3.05, 3.63) is 106 Å². The average Bonchev–Trinajstić information content (AvgIpc) is 3.63. The van der Waals surface area contributed by atoms with E-state index < -0.39 is 0 Å². The van der Waals surface area contributed by atoms with E-state index in [1.54, 1.807) is 42.6 Å². The van der Waals surface area contributed by atoms with Crippen LogP contribution in [0, 0.1) is 11.3 Å². The van der Waals surface area contributed by atoms with E-state index >= 15 is 0 Å². The molecule has 5 aromatic rings. The molecule has 0 saturated carbocycles. The molecule has 0 atom stereocenters. The van der Waals surface area contributed by atoms with Crippen molar-refractivity contribution in [2.45, 2.75) is 6.61 Å². The summed E-state index contributed by atoms with van der Waals surface area (Å²) in [6.07, 6.45) is 4.63. The van der Waals surface area contributed by atoms with Gasteiger partial charge in [0.05, 0.1) is 18.1 Å². The molecule has 0 N–H and O–H groups in total. The van der Waals surface area contributed by atoms with Gasteiger partial charge in [-0.2, -0.15) is 5.26 Å². The van der Waals surface area contributed by atoms with E-state index in [2.05, 4.69) is 11.1 Å². The van der Waals surface area contributed by atoms with Crippen LogP contribution < -0.4 is 4.74 Å². The lowest BCUT2D eigenvalue weighted by Gasteiger charge is -2.10. The van der Waals surface area contributed by atoms with Crippen LogP contribution in [0.25, 0.3) is 22.8 Å². The number of hydrogen-bond acceptors (Lipinski definition) is 6. The van der Waals surface area contributed by atoms with Gasteiger partial charge >= 0.3 is 0 Å². The van der Waals surface area contributed by atoms with Gasteiger partial charge in [0.1, 0.15) is 29.7 Å². The van der Waals surface area contributed by atoms with Crippen molar-refractivity contribution in [1.82, 2.24) is 0 Å². The van der Waals surface area contributed by atoms with E-state index in [0.717, 1.165) is 5.56 Å². The highest BCUT2D eigenvalue weighted by atomic mass is 35.5. The quantitative estimate of drug-likeness (QED) is 0.209. The summed E-state index contributed by atoms with van der Waals surface area (Å²) in [4.78, 5) is 4.47. The Morgan fingerprint density at radius 1 is 0.943 bits per heavy atom. The summed E-state index contributed by atoms with van der Waals surface area (Å²) in [5, 5.41) is 11.0. The van der Waals surface area contributed by atoms with Crippen LogP contribution in [0.1, 0.15) is 16.7 Å². The average molecular weight is 503 g/mol. The molecule has 0 aliphatic rings. The predicted octanol–water partition coefficient (Wildman–Crippen LogP) is 8.31. The Bertz CT molecular complexity index is 1530. The Labute approximate surface area is 210 Å². The fraction of sp³-hybridized carbons (Fsp3) is 0.0370. The van der Waals surface area contributed by atoms with Gasteiger partial charge in [-0.3, -0.25) is 0 Å². The Morgan fingerprint density at radius 2 is 1.71 bits per heavy atom. The Morgan fingerprint density at radius 3 is 2.43 bits per heavy atom. The van der Waals surface area contributed by atoms with E-state index in [0.29, 0.717) is 44.2 Å². The highest BCUT2D eigenvalue weighted by Crippen LogP contribution is 2.42. The first kappa shape index (κ1) is 22.6. The van der Waals surface area contributed by atoms with E-state index in [-0.39, 0.29) is 18.1 Å². The lowest BCUT2D eigenvalue weighted by atomic mass is 10.1. The van der Waals surface area contributed by atoms with Crippen LogP contribution in [0.5, 0.6) is 5.75 Å². The molecule has 3 heterocycles. The molecule has 0 spiro atoms. The molecule has 8 heteroatoms. The number of nitrogens with zero attached hydrogens (tertiary/aromatic N) is 2. The third-order valence-corrected chi connectivity index (χ3v) is 5.74. The summed E-state index contributed by atoms with van der Waals surface area (Å²) in [6, 6.07) is 21.8. The monoisotopic (exact) mass is 502 g/mol. The van der Waals surface area contributed by atoms with E-state index in [4.69, 9.17) is 41.2 Å². The molecule has 0 amide bonds. The molecule has 5 rings (SSSR count). The number of hydrogen-bond donors (Lipinski definition) is 0. The van der Waals surface area contributed by atoms with Gasteiger partial charge in [0.25, 0.3) is 0 Å². The highest BCUT2D eigenvalue weighted by Gasteiger charge is 2.26. The number of para-hydroxylation sites is 1. The Kier molecular flexibility index (Phi) is 6.44. The summed E-state index contributed by atoms with van der Waals surface area (Å²) in [5.41, 5.74) is 2.19. The molecule has 0 saturated heterocycles. The number of aliphatic imine (C=N–C) groups is 1. The lowest BCUT2D eigenvalue weighted by molar-refractivity contribution is 0.306. The zero-order chi connectivity index (χ0) is 24.2. The summed E-state index contributed by atoms with van der Waals surface area (Å²) in [6.45, 7) is 0.246. The van der Waals surface area contributed by atoms with Gasteiger partial charge < -0.3 is 18.0 Å². The molecule has 2 aromatic carbocycles. The summed E-state index contributed by atoms with van der Waals surface area (Å²) in [7, 11) is 0. The van der Waals surface area contributed by atoms with Gasteiger partial charge in [-0.1, -0.05) is 41.4 Å². The first-order valence-corrected chi connectivity index (χ1v) is 11.2. The van der Waals surface area contributed by atoms with Crippen LogP contribution in [0.3, 0.4) is 0 Å². The molecule has 0 aliphatic carbocycles. The van der Waals surface area contributed by atoms with E-state index in [1.165, 1.54) is 12.5 Å². The number of benzene rings is 2. The van der Waals surface area contributed by atoms with Gasteiger partial charge in [0.2, 0.25) is 5.88 Å². The minimum atomic E-state index is 0.126. The van der Waals surface area contributed by atoms with Crippen molar-refractivity contribution in [1.29, 1.82) is 5.26 Å². The molecule has 6 nitrogen and oxygen atoms in total. The second-order valence-electron chi connectivity index (χ2n) is 7.37. The second kappa shape index (κ2) is 9.98. The fourth-order valence-corrected chi connectivity index (χ4v) is 3.96. The number of furan rings is 3. The lowest BCUT2D eigenvalue weighted by Crippen LogP contribution is -1.99. The Balaban J connectivity index is 1.48. The van der Waals surface area contributed by atoms with Crippen LogP contribution in [-0.4, -0.2) is 6.21 Å². The van der Waals surface area contributed by atoms with Crippen LogP contribution in [-0.2, 0) is 6.61 Å².